The van der Waals surface area contributed by atoms with E-state index >= 15 is 0 Å². The topological polar surface area (TPSA) is 87.3 Å². The zero-order valence-electron chi connectivity index (χ0n) is 6.79. The first-order valence-electron chi connectivity index (χ1n) is 3.72. The molecule has 1 aromatic rings. The molecule has 12 heavy (non-hydrogen) atoms. The van der Waals surface area contributed by atoms with Crippen LogP contribution in [0.1, 0.15) is 0 Å². The Morgan fingerprint density at radius 2 is 2.00 bits per heavy atom. The highest BCUT2D eigenvalue weighted by molar-refractivity contribution is 5.60. The van der Waals surface area contributed by atoms with Crippen LogP contribution in [0.25, 0.3) is 0 Å². The van der Waals surface area contributed by atoms with Crippen LogP contribution in [0.4, 0.5) is 11.4 Å². The molecule has 0 saturated carbocycles. The Bertz CT molecular complexity index is 262. The average molecular weight is 167 g/mol. The molecule has 0 atom stereocenters. The fraction of sp³-hybridized carbons (Fsp3) is 0.250. The van der Waals surface area contributed by atoms with Crippen molar-refractivity contribution < 1.29 is 4.74 Å². The SMILES string of the molecule is NCCOc1ccc(N)cc1N. The lowest BCUT2D eigenvalue weighted by Gasteiger charge is -2.07. The number of benzene rings is 1. The first kappa shape index (κ1) is 8.67. The van der Waals surface area contributed by atoms with Crippen LogP contribution in [0, 0.1) is 0 Å². The van der Waals surface area contributed by atoms with E-state index in [4.69, 9.17) is 21.9 Å². The van der Waals surface area contributed by atoms with Gasteiger partial charge in [0.1, 0.15) is 12.4 Å². The number of anilines is 2. The Morgan fingerprint density at radius 3 is 2.58 bits per heavy atom. The largest absolute Gasteiger partial charge is 0.490 e. The molecule has 0 aliphatic rings. The smallest absolute Gasteiger partial charge is 0.142 e. The summed E-state index contributed by atoms with van der Waals surface area (Å²) < 4.78 is 5.24. The number of rotatable bonds is 3. The van der Waals surface area contributed by atoms with E-state index in [0.717, 1.165) is 0 Å². The average Bonchev–Trinajstić information content (AvgIpc) is 2.03. The Balaban J connectivity index is 2.72. The van der Waals surface area contributed by atoms with Crippen LogP contribution in [-0.2, 0) is 0 Å². The highest BCUT2D eigenvalue weighted by Crippen LogP contribution is 2.22. The molecule has 0 bridgehead atoms. The van der Waals surface area contributed by atoms with Crippen molar-refractivity contribution >= 4 is 11.4 Å². The molecule has 0 aliphatic heterocycles. The van der Waals surface area contributed by atoms with Crippen molar-refractivity contribution in [1.82, 2.24) is 0 Å². The van der Waals surface area contributed by atoms with Crippen LogP contribution in [0.15, 0.2) is 18.2 Å². The number of nitrogens with two attached hydrogens (primary N) is 3. The van der Waals surface area contributed by atoms with Crippen LogP contribution < -0.4 is 21.9 Å². The molecule has 1 aromatic carbocycles. The van der Waals surface area contributed by atoms with Crippen LogP contribution in [0.3, 0.4) is 0 Å². The van der Waals surface area contributed by atoms with Crippen molar-refractivity contribution in [2.75, 3.05) is 24.6 Å². The van der Waals surface area contributed by atoms with Gasteiger partial charge >= 0.3 is 0 Å². The predicted octanol–water partition coefficient (Wildman–Crippen LogP) is 0.188. The van der Waals surface area contributed by atoms with E-state index in [9.17, 15) is 0 Å². The van der Waals surface area contributed by atoms with E-state index in [2.05, 4.69) is 0 Å². The summed E-state index contributed by atoms with van der Waals surface area (Å²) in [5, 5.41) is 0. The summed E-state index contributed by atoms with van der Waals surface area (Å²) in [5.41, 5.74) is 17.6. The minimum absolute atomic E-state index is 0.466. The Hall–Kier alpha value is -1.42. The fourth-order valence-electron chi connectivity index (χ4n) is 0.867. The van der Waals surface area contributed by atoms with Crippen molar-refractivity contribution in [1.29, 1.82) is 0 Å². The molecule has 0 radical (unpaired) electrons. The third-order valence-corrected chi connectivity index (χ3v) is 1.41. The quantitative estimate of drug-likeness (QED) is 0.561. The minimum Gasteiger partial charge on any atom is -0.490 e. The van der Waals surface area contributed by atoms with E-state index < -0.39 is 0 Å². The molecule has 0 aliphatic carbocycles. The number of hydrogen-bond acceptors (Lipinski definition) is 4. The highest BCUT2D eigenvalue weighted by Gasteiger charge is 1.98. The van der Waals surface area contributed by atoms with Gasteiger partial charge in [-0.15, -0.1) is 0 Å². The summed E-state index contributed by atoms with van der Waals surface area (Å²) in [6.07, 6.45) is 0. The summed E-state index contributed by atoms with van der Waals surface area (Å²) in [5.74, 6) is 0.634. The van der Waals surface area contributed by atoms with Crippen molar-refractivity contribution in [3.8, 4) is 5.75 Å². The van der Waals surface area contributed by atoms with E-state index in [1.807, 2.05) is 0 Å². The lowest BCUT2D eigenvalue weighted by Crippen LogP contribution is -2.11. The summed E-state index contributed by atoms with van der Waals surface area (Å²) in [7, 11) is 0. The summed E-state index contributed by atoms with van der Waals surface area (Å²) in [6.45, 7) is 0.942. The standard InChI is InChI=1S/C8H13N3O/c9-3-4-12-8-2-1-6(10)5-7(8)11/h1-2,5H,3-4,9-11H2. The van der Waals surface area contributed by atoms with E-state index in [-0.39, 0.29) is 0 Å². The Kier molecular flexibility index (Phi) is 2.76. The second-order valence-corrected chi connectivity index (χ2v) is 2.43. The molecule has 0 aromatic heterocycles. The zero-order valence-corrected chi connectivity index (χ0v) is 6.79. The van der Waals surface area contributed by atoms with Gasteiger partial charge in [-0.3, -0.25) is 0 Å². The van der Waals surface area contributed by atoms with Crippen molar-refractivity contribution in [2.24, 2.45) is 5.73 Å². The van der Waals surface area contributed by atoms with Gasteiger partial charge < -0.3 is 21.9 Å². The number of ether oxygens (including phenoxy) is 1. The molecule has 6 N–H and O–H groups in total. The fourth-order valence-corrected chi connectivity index (χ4v) is 0.867. The summed E-state index contributed by atoms with van der Waals surface area (Å²) in [6, 6.07) is 5.13. The maximum atomic E-state index is 5.62. The molecule has 0 fully saturated rings. The second-order valence-electron chi connectivity index (χ2n) is 2.43. The zero-order chi connectivity index (χ0) is 8.97. The predicted molar refractivity (Wildman–Crippen MR) is 49.8 cm³/mol. The third-order valence-electron chi connectivity index (χ3n) is 1.41. The molecule has 0 heterocycles. The molecule has 0 amide bonds. The molecule has 66 valence electrons. The number of hydrogen-bond donors (Lipinski definition) is 3. The summed E-state index contributed by atoms with van der Waals surface area (Å²) in [4.78, 5) is 0. The minimum atomic E-state index is 0.466. The summed E-state index contributed by atoms with van der Waals surface area (Å²) >= 11 is 0. The molecule has 0 spiro atoms. The second kappa shape index (κ2) is 3.82. The highest BCUT2D eigenvalue weighted by atomic mass is 16.5. The van der Waals surface area contributed by atoms with Gasteiger partial charge in [0.05, 0.1) is 5.69 Å². The first-order valence-corrected chi connectivity index (χ1v) is 3.72. The van der Waals surface area contributed by atoms with Crippen molar-refractivity contribution in [2.45, 2.75) is 0 Å². The lowest BCUT2D eigenvalue weighted by molar-refractivity contribution is 0.330. The van der Waals surface area contributed by atoms with Gasteiger partial charge in [-0.1, -0.05) is 0 Å². The van der Waals surface area contributed by atoms with Crippen LogP contribution in [-0.4, -0.2) is 13.2 Å². The van der Waals surface area contributed by atoms with Crippen LogP contribution >= 0.6 is 0 Å². The maximum absolute atomic E-state index is 5.62. The first-order chi connectivity index (χ1) is 5.74. The molecule has 0 unspecified atom stereocenters. The van der Waals surface area contributed by atoms with Crippen LogP contribution in [0.2, 0.25) is 0 Å². The molecular weight excluding hydrogens is 154 g/mol. The van der Waals surface area contributed by atoms with Gasteiger partial charge in [0, 0.05) is 12.2 Å². The van der Waals surface area contributed by atoms with Crippen LogP contribution in [0.5, 0.6) is 5.75 Å². The lowest BCUT2D eigenvalue weighted by atomic mass is 10.2. The normalized spacial score (nSPS) is 9.75. The van der Waals surface area contributed by atoms with Gasteiger partial charge in [0.15, 0.2) is 0 Å². The Labute approximate surface area is 71.3 Å². The molecule has 1 rings (SSSR count). The molecule has 4 nitrogen and oxygen atoms in total. The van der Waals surface area contributed by atoms with Gasteiger partial charge in [0.25, 0.3) is 0 Å². The maximum Gasteiger partial charge on any atom is 0.142 e. The van der Waals surface area contributed by atoms with Gasteiger partial charge in [0.2, 0.25) is 0 Å². The van der Waals surface area contributed by atoms with Crippen molar-refractivity contribution in [3.05, 3.63) is 18.2 Å². The third kappa shape index (κ3) is 2.03. The van der Waals surface area contributed by atoms with Gasteiger partial charge in [-0.05, 0) is 18.2 Å². The molecule has 0 saturated heterocycles. The van der Waals surface area contributed by atoms with Gasteiger partial charge in [-0.2, -0.15) is 0 Å². The molecular formula is C8H13N3O. The van der Waals surface area contributed by atoms with E-state index in [0.29, 0.717) is 30.3 Å². The monoisotopic (exact) mass is 167 g/mol. The van der Waals surface area contributed by atoms with E-state index in [1.54, 1.807) is 18.2 Å². The van der Waals surface area contributed by atoms with E-state index in [1.165, 1.54) is 0 Å². The molecule has 4 heteroatoms. The number of nitrogen functional groups attached to an aromatic ring is 2. The Morgan fingerprint density at radius 1 is 1.25 bits per heavy atom. The van der Waals surface area contributed by atoms with Gasteiger partial charge in [-0.25, -0.2) is 0 Å². The van der Waals surface area contributed by atoms with Crippen molar-refractivity contribution in [3.63, 3.8) is 0 Å².